The maximum atomic E-state index is 13.5. The molecule has 0 bridgehead atoms. The van der Waals surface area contributed by atoms with Gasteiger partial charge in [-0.25, -0.2) is 4.39 Å². The molecule has 21 heavy (non-hydrogen) atoms. The van der Waals surface area contributed by atoms with Crippen LogP contribution >= 0.6 is 11.6 Å². The number of hydrogen-bond donors (Lipinski definition) is 1. The van der Waals surface area contributed by atoms with Gasteiger partial charge in [0.15, 0.2) is 0 Å². The van der Waals surface area contributed by atoms with Crippen molar-refractivity contribution in [2.45, 2.75) is 45.7 Å². The van der Waals surface area contributed by atoms with Crippen molar-refractivity contribution in [2.75, 3.05) is 20.6 Å². The lowest BCUT2D eigenvalue weighted by Gasteiger charge is -2.32. The van der Waals surface area contributed by atoms with Gasteiger partial charge in [-0.05, 0) is 44.6 Å². The van der Waals surface area contributed by atoms with E-state index in [-0.39, 0.29) is 16.9 Å². The molecule has 4 heteroatoms. The predicted molar refractivity (Wildman–Crippen MR) is 89.4 cm³/mol. The number of benzene rings is 1. The number of hydrogen-bond acceptors (Lipinski definition) is 2. The van der Waals surface area contributed by atoms with E-state index in [9.17, 15) is 4.39 Å². The Balaban J connectivity index is 2.68. The van der Waals surface area contributed by atoms with E-state index in [1.54, 1.807) is 6.07 Å². The summed E-state index contributed by atoms with van der Waals surface area (Å²) in [7, 11) is 4.24. The minimum absolute atomic E-state index is 0.105. The third-order valence-electron chi connectivity index (χ3n) is 4.33. The van der Waals surface area contributed by atoms with Gasteiger partial charge in [-0.2, -0.15) is 0 Å². The summed E-state index contributed by atoms with van der Waals surface area (Å²) in [5.74, 6) is 0.314. The Morgan fingerprint density at radius 2 is 1.86 bits per heavy atom. The van der Waals surface area contributed by atoms with E-state index < -0.39 is 0 Å². The van der Waals surface area contributed by atoms with Crippen LogP contribution in [0.2, 0.25) is 5.02 Å². The van der Waals surface area contributed by atoms with E-state index in [2.05, 4.69) is 45.1 Å². The molecule has 0 heterocycles. The molecule has 2 atom stereocenters. The topological polar surface area (TPSA) is 15.3 Å². The molecular formula is C17H28ClFN2. The van der Waals surface area contributed by atoms with Crippen LogP contribution in [-0.4, -0.2) is 31.6 Å². The fraction of sp³-hybridized carbons (Fsp3) is 0.647. The summed E-state index contributed by atoms with van der Waals surface area (Å²) in [5, 5.41) is 3.70. The van der Waals surface area contributed by atoms with Crippen LogP contribution in [0.3, 0.4) is 0 Å². The van der Waals surface area contributed by atoms with Crippen LogP contribution in [0.25, 0.3) is 0 Å². The predicted octanol–water partition coefficient (Wildman–Crippen LogP) is 4.50. The molecule has 0 aliphatic rings. The first-order chi connectivity index (χ1) is 9.90. The molecule has 0 fully saturated rings. The number of nitrogens with zero attached hydrogens (tertiary/aromatic N) is 1. The van der Waals surface area contributed by atoms with Gasteiger partial charge in [0.2, 0.25) is 0 Å². The minimum Gasteiger partial charge on any atom is -0.309 e. The van der Waals surface area contributed by atoms with Gasteiger partial charge < -0.3 is 10.2 Å². The summed E-state index contributed by atoms with van der Waals surface area (Å²) in [5.41, 5.74) is 0.930. The zero-order valence-corrected chi connectivity index (χ0v) is 14.5. The Bertz CT molecular complexity index is 433. The van der Waals surface area contributed by atoms with Crippen LogP contribution < -0.4 is 5.32 Å². The molecule has 2 nitrogen and oxygen atoms in total. The molecule has 0 spiro atoms. The first-order valence-corrected chi connectivity index (χ1v) is 8.13. The molecule has 0 aliphatic heterocycles. The summed E-state index contributed by atoms with van der Waals surface area (Å²) in [6, 6.07) is 5.61. The van der Waals surface area contributed by atoms with Crippen molar-refractivity contribution < 1.29 is 4.39 Å². The Labute approximate surface area is 133 Å². The maximum Gasteiger partial charge on any atom is 0.142 e. The van der Waals surface area contributed by atoms with Gasteiger partial charge >= 0.3 is 0 Å². The van der Waals surface area contributed by atoms with Gasteiger partial charge in [0.25, 0.3) is 0 Å². The van der Waals surface area contributed by atoms with Crippen molar-refractivity contribution in [1.29, 1.82) is 0 Å². The van der Waals surface area contributed by atoms with E-state index in [1.807, 2.05) is 6.07 Å². The van der Waals surface area contributed by atoms with E-state index in [4.69, 9.17) is 11.6 Å². The average Bonchev–Trinajstić information content (AvgIpc) is 2.45. The molecular weight excluding hydrogens is 287 g/mol. The molecule has 0 saturated heterocycles. The normalized spacial score (nSPS) is 14.7. The zero-order chi connectivity index (χ0) is 16.0. The standard InChI is InChI=1S/C17H28ClFN2/c1-6-13(7-2)17(21(4)5)11-20-12(3)14-8-9-15(18)16(19)10-14/h8-10,12-13,17,20H,6-7,11H2,1-5H3. The number of likely N-dealkylation sites (N-methyl/N-ethyl adjacent to an activating group) is 1. The molecule has 1 aromatic carbocycles. The number of nitrogens with one attached hydrogen (secondary N) is 1. The second-order valence-corrected chi connectivity index (χ2v) is 6.32. The van der Waals surface area contributed by atoms with Crippen LogP contribution in [0.5, 0.6) is 0 Å². The Kier molecular flexibility index (Phi) is 7.64. The largest absolute Gasteiger partial charge is 0.309 e. The van der Waals surface area contributed by atoms with Crippen molar-refractivity contribution >= 4 is 11.6 Å². The molecule has 1 rings (SSSR count). The van der Waals surface area contributed by atoms with E-state index >= 15 is 0 Å². The number of rotatable bonds is 8. The lowest BCUT2D eigenvalue weighted by molar-refractivity contribution is 0.190. The molecule has 0 radical (unpaired) electrons. The maximum absolute atomic E-state index is 13.5. The second kappa shape index (κ2) is 8.72. The summed E-state index contributed by atoms with van der Waals surface area (Å²) >= 11 is 5.73. The van der Waals surface area contributed by atoms with Crippen molar-refractivity contribution in [2.24, 2.45) is 5.92 Å². The SMILES string of the molecule is CCC(CC)C(CNC(C)c1ccc(Cl)c(F)c1)N(C)C. The first-order valence-electron chi connectivity index (χ1n) is 7.75. The lowest BCUT2D eigenvalue weighted by Crippen LogP contribution is -2.43. The molecule has 1 N–H and O–H groups in total. The highest BCUT2D eigenvalue weighted by Gasteiger charge is 2.21. The molecule has 2 unspecified atom stereocenters. The summed E-state index contributed by atoms with van der Waals surface area (Å²) in [4.78, 5) is 2.28. The highest BCUT2D eigenvalue weighted by molar-refractivity contribution is 6.30. The fourth-order valence-electron chi connectivity index (χ4n) is 2.80. The van der Waals surface area contributed by atoms with Crippen molar-refractivity contribution in [3.8, 4) is 0 Å². The van der Waals surface area contributed by atoms with Crippen LogP contribution in [0, 0.1) is 11.7 Å². The molecule has 1 aromatic rings. The third-order valence-corrected chi connectivity index (χ3v) is 4.64. The first kappa shape index (κ1) is 18.4. The van der Waals surface area contributed by atoms with Crippen LogP contribution in [0.15, 0.2) is 18.2 Å². The van der Waals surface area contributed by atoms with Crippen LogP contribution in [0.4, 0.5) is 4.39 Å². The van der Waals surface area contributed by atoms with Gasteiger partial charge in [-0.3, -0.25) is 0 Å². The summed E-state index contributed by atoms with van der Waals surface area (Å²) < 4.78 is 13.5. The van der Waals surface area contributed by atoms with E-state index in [0.717, 1.165) is 12.1 Å². The zero-order valence-electron chi connectivity index (χ0n) is 13.8. The Morgan fingerprint density at radius 3 is 2.33 bits per heavy atom. The molecule has 0 amide bonds. The fourth-order valence-corrected chi connectivity index (χ4v) is 2.92. The Morgan fingerprint density at radius 1 is 1.24 bits per heavy atom. The highest BCUT2D eigenvalue weighted by atomic mass is 35.5. The third kappa shape index (κ3) is 5.24. The van der Waals surface area contributed by atoms with E-state index in [0.29, 0.717) is 12.0 Å². The smallest absolute Gasteiger partial charge is 0.142 e. The van der Waals surface area contributed by atoms with E-state index in [1.165, 1.54) is 18.9 Å². The molecule has 0 saturated carbocycles. The lowest BCUT2D eigenvalue weighted by atomic mass is 9.93. The quantitative estimate of drug-likeness (QED) is 0.760. The average molecular weight is 315 g/mol. The van der Waals surface area contributed by atoms with Crippen molar-refractivity contribution in [1.82, 2.24) is 10.2 Å². The highest BCUT2D eigenvalue weighted by Crippen LogP contribution is 2.21. The molecule has 0 aliphatic carbocycles. The molecule has 120 valence electrons. The summed E-state index contributed by atoms with van der Waals surface area (Å²) in [6.45, 7) is 7.43. The number of halogens is 2. The molecule has 0 aromatic heterocycles. The van der Waals surface area contributed by atoms with Gasteiger partial charge in [0, 0.05) is 18.6 Å². The summed E-state index contributed by atoms with van der Waals surface area (Å²) in [6.07, 6.45) is 2.34. The van der Waals surface area contributed by atoms with Gasteiger partial charge in [0.05, 0.1) is 5.02 Å². The van der Waals surface area contributed by atoms with Crippen molar-refractivity contribution in [3.05, 3.63) is 34.6 Å². The monoisotopic (exact) mass is 314 g/mol. The van der Waals surface area contributed by atoms with Crippen LogP contribution in [-0.2, 0) is 0 Å². The van der Waals surface area contributed by atoms with Gasteiger partial charge in [-0.15, -0.1) is 0 Å². The Hall–Kier alpha value is -0.640. The minimum atomic E-state index is -0.355. The van der Waals surface area contributed by atoms with Gasteiger partial charge in [-0.1, -0.05) is 44.4 Å². The van der Waals surface area contributed by atoms with Crippen LogP contribution in [0.1, 0.15) is 45.2 Å². The van der Waals surface area contributed by atoms with Crippen molar-refractivity contribution in [3.63, 3.8) is 0 Å². The second-order valence-electron chi connectivity index (χ2n) is 5.91. The van der Waals surface area contributed by atoms with Gasteiger partial charge in [0.1, 0.15) is 5.82 Å².